The monoisotopic (exact) mass is 204 g/mol. The summed E-state index contributed by atoms with van der Waals surface area (Å²) in [7, 11) is 0. The van der Waals surface area contributed by atoms with Crippen LogP contribution in [-0.4, -0.2) is 28.8 Å². The number of fused-ring (bicyclic) bond motifs is 1. The second-order valence-electron chi connectivity index (χ2n) is 4.12. The van der Waals surface area contributed by atoms with Crippen molar-refractivity contribution in [1.82, 2.24) is 0 Å². The highest BCUT2D eigenvalue weighted by Gasteiger charge is 2.38. The smallest absolute Gasteiger partial charge is 0.195 e. The maximum absolute atomic E-state index is 4.58. The third-order valence-electron chi connectivity index (χ3n) is 2.56. The van der Waals surface area contributed by atoms with Crippen LogP contribution in [0.4, 0.5) is 0 Å². The summed E-state index contributed by atoms with van der Waals surface area (Å²) < 4.78 is 0. The summed E-state index contributed by atoms with van der Waals surface area (Å²) in [6, 6.07) is 0. The molecule has 0 fully saturated rings. The van der Waals surface area contributed by atoms with E-state index in [-0.39, 0.29) is 0 Å². The van der Waals surface area contributed by atoms with Gasteiger partial charge in [0.15, 0.2) is 5.66 Å². The van der Waals surface area contributed by atoms with E-state index in [2.05, 4.69) is 26.9 Å². The minimum atomic E-state index is -0.500. The minimum Gasteiger partial charge on any atom is -0.237 e. The highest BCUT2D eigenvalue weighted by Crippen LogP contribution is 2.26. The highest BCUT2D eigenvalue weighted by molar-refractivity contribution is 6.49. The predicted molar refractivity (Wildman–Crippen MR) is 64.4 cm³/mol. The molecule has 0 saturated heterocycles. The van der Waals surface area contributed by atoms with E-state index in [0.29, 0.717) is 0 Å². The zero-order chi connectivity index (χ0) is 11.1. The molecule has 0 aromatic heterocycles. The van der Waals surface area contributed by atoms with E-state index in [1.165, 1.54) is 0 Å². The van der Waals surface area contributed by atoms with Crippen LogP contribution in [0.15, 0.2) is 20.0 Å². The Bertz CT molecular complexity index is 414. The van der Waals surface area contributed by atoms with Gasteiger partial charge >= 0.3 is 0 Å². The molecule has 2 heterocycles. The molecular formula is C11H16N4. The van der Waals surface area contributed by atoms with Crippen molar-refractivity contribution >= 4 is 23.1 Å². The van der Waals surface area contributed by atoms with Gasteiger partial charge in [0.05, 0.1) is 5.71 Å². The predicted octanol–water partition coefficient (Wildman–Crippen LogP) is 2.25. The molecule has 1 unspecified atom stereocenters. The average Bonchev–Trinajstić information content (AvgIpc) is 2.42. The van der Waals surface area contributed by atoms with E-state index in [1.807, 2.05) is 20.8 Å². The summed E-state index contributed by atoms with van der Waals surface area (Å²) in [6.45, 7) is 8.00. The quantitative estimate of drug-likeness (QED) is 0.662. The first kappa shape index (κ1) is 10.2. The summed E-state index contributed by atoms with van der Waals surface area (Å²) in [5, 5.41) is 0. The van der Waals surface area contributed by atoms with Crippen LogP contribution in [0.1, 0.15) is 40.5 Å². The molecule has 0 bridgehead atoms. The lowest BCUT2D eigenvalue weighted by molar-refractivity contribution is 0.677. The molecule has 2 rings (SSSR count). The number of hydrogen-bond acceptors (Lipinski definition) is 4. The van der Waals surface area contributed by atoms with Crippen LogP contribution in [-0.2, 0) is 0 Å². The molecule has 4 nitrogen and oxygen atoms in total. The standard InChI is InChI=1S/C11H16N4/c1-5-6-9-13-10-7(2)12-8(3)14-11(10,4)15-9/h5-6H2,1-4H3. The Balaban J connectivity index is 2.41. The van der Waals surface area contributed by atoms with Crippen molar-refractivity contribution in [2.45, 2.75) is 46.2 Å². The lowest BCUT2D eigenvalue weighted by atomic mass is 10.0. The van der Waals surface area contributed by atoms with Crippen molar-refractivity contribution in [3.05, 3.63) is 0 Å². The Morgan fingerprint density at radius 1 is 1.13 bits per heavy atom. The lowest BCUT2D eigenvalue weighted by Crippen LogP contribution is -2.37. The Kier molecular flexibility index (Phi) is 2.29. The van der Waals surface area contributed by atoms with Gasteiger partial charge < -0.3 is 0 Å². The van der Waals surface area contributed by atoms with Crippen molar-refractivity contribution in [3.8, 4) is 0 Å². The molecule has 0 spiro atoms. The summed E-state index contributed by atoms with van der Waals surface area (Å²) in [5.74, 6) is 1.69. The molecular weight excluding hydrogens is 188 g/mol. The van der Waals surface area contributed by atoms with E-state index in [9.17, 15) is 0 Å². The SMILES string of the molecule is CCCC1=NC2(C)N=C(C)N=C(C)C2=N1. The number of aliphatic imine (C=N–C) groups is 4. The fraction of sp³-hybridized carbons (Fsp3) is 0.636. The van der Waals surface area contributed by atoms with Crippen LogP contribution in [0, 0.1) is 0 Å². The van der Waals surface area contributed by atoms with Crippen molar-refractivity contribution in [2.24, 2.45) is 20.0 Å². The molecule has 0 saturated carbocycles. The number of amidine groups is 2. The maximum Gasteiger partial charge on any atom is 0.195 e. The fourth-order valence-corrected chi connectivity index (χ4v) is 2.04. The van der Waals surface area contributed by atoms with Gasteiger partial charge in [0, 0.05) is 6.42 Å². The molecule has 2 aliphatic heterocycles. The Morgan fingerprint density at radius 2 is 1.87 bits per heavy atom. The molecule has 2 aliphatic rings. The third kappa shape index (κ3) is 1.64. The van der Waals surface area contributed by atoms with Crippen LogP contribution in [0.2, 0.25) is 0 Å². The van der Waals surface area contributed by atoms with E-state index >= 15 is 0 Å². The largest absolute Gasteiger partial charge is 0.237 e. The summed E-state index contributed by atoms with van der Waals surface area (Å²) in [4.78, 5) is 17.9. The minimum absolute atomic E-state index is 0.500. The Hall–Kier alpha value is -1.32. The van der Waals surface area contributed by atoms with Gasteiger partial charge in [0.1, 0.15) is 17.4 Å². The molecule has 4 heteroatoms. The van der Waals surface area contributed by atoms with Crippen molar-refractivity contribution < 1.29 is 0 Å². The topological polar surface area (TPSA) is 49.4 Å². The third-order valence-corrected chi connectivity index (χ3v) is 2.56. The van der Waals surface area contributed by atoms with Crippen LogP contribution in [0.25, 0.3) is 0 Å². The molecule has 0 amide bonds. The van der Waals surface area contributed by atoms with Crippen LogP contribution >= 0.6 is 0 Å². The van der Waals surface area contributed by atoms with E-state index in [1.54, 1.807) is 0 Å². The van der Waals surface area contributed by atoms with Crippen LogP contribution < -0.4 is 0 Å². The van der Waals surface area contributed by atoms with Gasteiger partial charge in [-0.05, 0) is 27.2 Å². The van der Waals surface area contributed by atoms with Gasteiger partial charge in [0.2, 0.25) is 0 Å². The first-order valence-corrected chi connectivity index (χ1v) is 5.35. The molecule has 0 aromatic carbocycles. The number of rotatable bonds is 2. The number of hydrogen-bond donors (Lipinski definition) is 0. The molecule has 0 aliphatic carbocycles. The van der Waals surface area contributed by atoms with E-state index < -0.39 is 5.66 Å². The summed E-state index contributed by atoms with van der Waals surface area (Å²) in [6.07, 6.45) is 1.98. The average molecular weight is 204 g/mol. The second kappa shape index (κ2) is 3.36. The first-order valence-electron chi connectivity index (χ1n) is 5.35. The van der Waals surface area contributed by atoms with Gasteiger partial charge in [-0.25, -0.2) is 20.0 Å². The zero-order valence-corrected chi connectivity index (χ0v) is 9.70. The molecule has 0 N–H and O–H groups in total. The summed E-state index contributed by atoms with van der Waals surface area (Å²) >= 11 is 0. The zero-order valence-electron chi connectivity index (χ0n) is 9.70. The molecule has 0 radical (unpaired) electrons. The molecule has 1 atom stereocenters. The van der Waals surface area contributed by atoms with Gasteiger partial charge in [-0.1, -0.05) is 6.92 Å². The van der Waals surface area contributed by atoms with Crippen molar-refractivity contribution in [3.63, 3.8) is 0 Å². The van der Waals surface area contributed by atoms with Crippen molar-refractivity contribution in [1.29, 1.82) is 0 Å². The molecule has 15 heavy (non-hydrogen) atoms. The van der Waals surface area contributed by atoms with Gasteiger partial charge in [0.25, 0.3) is 0 Å². The van der Waals surface area contributed by atoms with E-state index in [4.69, 9.17) is 0 Å². The molecule has 80 valence electrons. The normalized spacial score (nSPS) is 29.1. The first-order chi connectivity index (χ1) is 7.05. The summed E-state index contributed by atoms with van der Waals surface area (Å²) in [5.41, 5.74) is 1.36. The van der Waals surface area contributed by atoms with Gasteiger partial charge in [-0.2, -0.15) is 0 Å². The van der Waals surface area contributed by atoms with Crippen molar-refractivity contribution in [2.75, 3.05) is 0 Å². The fourth-order valence-electron chi connectivity index (χ4n) is 2.04. The van der Waals surface area contributed by atoms with Crippen LogP contribution in [0.5, 0.6) is 0 Å². The molecule has 0 aromatic rings. The van der Waals surface area contributed by atoms with Crippen LogP contribution in [0.3, 0.4) is 0 Å². The maximum atomic E-state index is 4.58. The highest BCUT2D eigenvalue weighted by atomic mass is 15.2. The Labute approximate surface area is 90.0 Å². The number of nitrogens with zero attached hydrogens (tertiary/aromatic N) is 4. The van der Waals surface area contributed by atoms with Gasteiger partial charge in [-0.15, -0.1) is 0 Å². The Morgan fingerprint density at radius 3 is 2.53 bits per heavy atom. The van der Waals surface area contributed by atoms with E-state index in [0.717, 1.165) is 35.9 Å². The lowest BCUT2D eigenvalue weighted by Gasteiger charge is -2.22. The second-order valence-corrected chi connectivity index (χ2v) is 4.12. The van der Waals surface area contributed by atoms with Gasteiger partial charge in [-0.3, -0.25) is 0 Å².